The molecule has 0 fully saturated rings. The lowest BCUT2D eigenvalue weighted by Gasteiger charge is -2.03. The topological polar surface area (TPSA) is 86.9 Å². The van der Waals surface area contributed by atoms with Gasteiger partial charge in [0.25, 0.3) is 0 Å². The molecule has 2 heterocycles. The Morgan fingerprint density at radius 3 is 1.87 bits per heavy atom. The largest absolute Gasteiger partial charge is 0.481 e. The maximum absolute atomic E-state index is 13.5. The number of aromatic nitrogens is 2. The average molecular weight is 460 g/mol. The summed E-state index contributed by atoms with van der Waals surface area (Å²) in [6.45, 7) is 0. The van der Waals surface area contributed by atoms with E-state index in [0.717, 1.165) is 0 Å². The molecule has 4 aromatic rings. The number of halogens is 4. The van der Waals surface area contributed by atoms with Crippen molar-refractivity contribution in [3.63, 3.8) is 0 Å². The second kappa shape index (κ2) is 9.65. The summed E-state index contributed by atoms with van der Waals surface area (Å²) in [5.41, 5.74) is 1.49. The van der Waals surface area contributed by atoms with E-state index in [4.69, 9.17) is 33.6 Å². The number of hydrogen-bond donors (Lipinski definition) is 1. The van der Waals surface area contributed by atoms with Crippen LogP contribution in [0.4, 0.5) is 8.78 Å². The predicted molar refractivity (Wildman–Crippen MR) is 114 cm³/mol. The molecule has 0 aliphatic carbocycles. The number of carbonyl (C=O) groups is 1. The van der Waals surface area contributed by atoms with E-state index in [2.05, 4.69) is 9.97 Å². The van der Waals surface area contributed by atoms with Gasteiger partial charge in [-0.3, -0.25) is 14.8 Å². The van der Waals surface area contributed by atoms with Crippen LogP contribution >= 0.6 is 23.2 Å². The van der Waals surface area contributed by atoms with Gasteiger partial charge < -0.3 is 5.11 Å². The fourth-order valence-corrected chi connectivity index (χ4v) is 3.28. The number of pyridine rings is 2. The van der Waals surface area contributed by atoms with E-state index >= 15 is 0 Å². The Hall–Kier alpha value is -3.34. The zero-order valence-corrected chi connectivity index (χ0v) is 17.3. The number of rotatable bonds is 3. The molecule has 31 heavy (non-hydrogen) atoms. The van der Waals surface area contributed by atoms with Crippen molar-refractivity contribution < 1.29 is 18.7 Å². The maximum Gasteiger partial charge on any atom is 0.307 e. The molecule has 2 aromatic carbocycles. The van der Waals surface area contributed by atoms with Crippen molar-refractivity contribution >= 4 is 51.0 Å². The summed E-state index contributed by atoms with van der Waals surface area (Å²) in [7, 11) is 0. The first kappa shape index (κ1) is 22.3. The lowest BCUT2D eigenvalue weighted by molar-refractivity contribution is -0.136. The first-order valence-corrected chi connectivity index (χ1v) is 9.58. The van der Waals surface area contributed by atoms with Crippen molar-refractivity contribution in [3.8, 4) is 6.07 Å². The van der Waals surface area contributed by atoms with Crippen LogP contribution < -0.4 is 0 Å². The molecule has 0 aliphatic rings. The maximum atomic E-state index is 13.5. The van der Waals surface area contributed by atoms with Gasteiger partial charge in [0.2, 0.25) is 0 Å². The standard InChI is InChI=1S/C11H6ClFN2.C11H7ClFNO2/c12-9-5-8-3-7(1-2-14)4-10(13)11(8)15-6-9;12-8-4-7-1-6(3-10(15)16)2-9(13)11(7)14-5-8/h3-6H,1H2;1-2,4-5H,3H2,(H,15,16). The average Bonchev–Trinajstić information content (AvgIpc) is 2.67. The van der Waals surface area contributed by atoms with Crippen molar-refractivity contribution in [3.05, 3.63) is 81.6 Å². The van der Waals surface area contributed by atoms with E-state index < -0.39 is 17.6 Å². The Bertz CT molecular complexity index is 1340. The molecule has 0 radical (unpaired) electrons. The van der Waals surface area contributed by atoms with Crippen LogP contribution in [0.5, 0.6) is 0 Å². The smallest absolute Gasteiger partial charge is 0.307 e. The number of hydrogen-bond acceptors (Lipinski definition) is 4. The van der Waals surface area contributed by atoms with Gasteiger partial charge in [-0.05, 0) is 47.5 Å². The summed E-state index contributed by atoms with van der Waals surface area (Å²) < 4.78 is 27.0. The quantitative estimate of drug-likeness (QED) is 0.421. The summed E-state index contributed by atoms with van der Waals surface area (Å²) in [4.78, 5) is 18.3. The first-order valence-electron chi connectivity index (χ1n) is 8.83. The number of aliphatic carboxylic acids is 1. The van der Waals surface area contributed by atoms with Crippen LogP contribution in [-0.4, -0.2) is 21.0 Å². The van der Waals surface area contributed by atoms with E-state index in [1.807, 2.05) is 6.07 Å². The fraction of sp³-hybridized carbons (Fsp3) is 0.0909. The molecule has 0 amide bonds. The van der Waals surface area contributed by atoms with E-state index in [1.165, 1.54) is 24.5 Å². The summed E-state index contributed by atoms with van der Waals surface area (Å²) in [6.07, 6.45) is 2.71. The Balaban J connectivity index is 0.000000176. The minimum absolute atomic E-state index is 0.180. The SMILES string of the molecule is N#CCc1cc(F)c2ncc(Cl)cc2c1.O=C(O)Cc1cc(F)c2ncc(Cl)cc2c1. The highest BCUT2D eigenvalue weighted by Gasteiger charge is 2.08. The van der Waals surface area contributed by atoms with E-state index in [0.29, 0.717) is 31.9 Å². The molecule has 0 bridgehead atoms. The molecule has 0 aliphatic heterocycles. The van der Waals surface area contributed by atoms with Gasteiger partial charge in [0, 0.05) is 23.2 Å². The van der Waals surface area contributed by atoms with Crippen molar-refractivity contribution in [2.24, 2.45) is 0 Å². The van der Waals surface area contributed by atoms with Crippen molar-refractivity contribution in [1.29, 1.82) is 5.26 Å². The summed E-state index contributed by atoms with van der Waals surface area (Å²) in [6, 6.07) is 11.0. The van der Waals surface area contributed by atoms with Gasteiger partial charge in [-0.1, -0.05) is 23.2 Å². The normalized spacial score (nSPS) is 10.4. The predicted octanol–water partition coefficient (Wildman–Crippen LogP) is 5.75. The zero-order chi connectivity index (χ0) is 22.5. The van der Waals surface area contributed by atoms with Crippen LogP contribution in [0, 0.1) is 23.0 Å². The highest BCUT2D eigenvalue weighted by molar-refractivity contribution is 6.31. The van der Waals surface area contributed by atoms with Crippen molar-refractivity contribution in [2.75, 3.05) is 0 Å². The van der Waals surface area contributed by atoms with Gasteiger partial charge >= 0.3 is 5.97 Å². The number of carboxylic acid groups (broad SMARTS) is 1. The lowest BCUT2D eigenvalue weighted by Crippen LogP contribution is -2.00. The van der Waals surface area contributed by atoms with Gasteiger partial charge in [0.05, 0.1) is 29.0 Å². The molecule has 5 nitrogen and oxygen atoms in total. The van der Waals surface area contributed by atoms with Gasteiger partial charge in [-0.2, -0.15) is 5.26 Å². The Morgan fingerprint density at radius 2 is 1.39 bits per heavy atom. The second-order valence-electron chi connectivity index (χ2n) is 6.51. The first-order chi connectivity index (χ1) is 14.8. The van der Waals surface area contributed by atoms with E-state index in [1.54, 1.807) is 24.3 Å². The molecule has 0 saturated heterocycles. The summed E-state index contributed by atoms with van der Waals surface area (Å²) in [5, 5.41) is 19.1. The monoisotopic (exact) mass is 459 g/mol. The van der Waals surface area contributed by atoms with Crippen LogP contribution in [0.15, 0.2) is 48.8 Å². The highest BCUT2D eigenvalue weighted by Crippen LogP contribution is 2.22. The van der Waals surface area contributed by atoms with Crippen LogP contribution in [0.1, 0.15) is 11.1 Å². The lowest BCUT2D eigenvalue weighted by atomic mass is 10.1. The molecule has 4 rings (SSSR count). The van der Waals surface area contributed by atoms with E-state index in [9.17, 15) is 13.6 Å². The van der Waals surface area contributed by atoms with Crippen LogP contribution in [-0.2, 0) is 17.6 Å². The van der Waals surface area contributed by atoms with Gasteiger partial charge in [-0.15, -0.1) is 0 Å². The molecule has 9 heteroatoms. The van der Waals surface area contributed by atoms with E-state index in [-0.39, 0.29) is 23.9 Å². The number of fused-ring (bicyclic) bond motifs is 2. The van der Waals surface area contributed by atoms with Gasteiger partial charge in [-0.25, -0.2) is 8.78 Å². The Kier molecular flexibility index (Phi) is 6.95. The number of carboxylic acids is 1. The highest BCUT2D eigenvalue weighted by atomic mass is 35.5. The molecular formula is C22H13Cl2F2N3O2. The molecule has 0 spiro atoms. The fourth-order valence-electron chi connectivity index (χ4n) is 2.94. The van der Waals surface area contributed by atoms with Gasteiger partial charge in [0.1, 0.15) is 22.7 Å². The van der Waals surface area contributed by atoms with Crippen LogP contribution in [0.3, 0.4) is 0 Å². The number of nitrogens with zero attached hydrogens (tertiary/aromatic N) is 3. The molecule has 0 saturated carbocycles. The summed E-state index contributed by atoms with van der Waals surface area (Å²) in [5.74, 6) is -1.96. The zero-order valence-electron chi connectivity index (χ0n) is 15.7. The number of nitriles is 1. The Labute approximate surface area is 185 Å². The minimum Gasteiger partial charge on any atom is -0.481 e. The van der Waals surface area contributed by atoms with Crippen LogP contribution in [0.25, 0.3) is 21.8 Å². The minimum atomic E-state index is -1.01. The third-order valence-electron chi connectivity index (χ3n) is 4.16. The molecule has 1 N–H and O–H groups in total. The molecule has 0 atom stereocenters. The molecular weight excluding hydrogens is 447 g/mol. The van der Waals surface area contributed by atoms with Crippen LogP contribution in [0.2, 0.25) is 10.0 Å². The third-order valence-corrected chi connectivity index (χ3v) is 4.58. The summed E-state index contributed by atoms with van der Waals surface area (Å²) >= 11 is 11.5. The van der Waals surface area contributed by atoms with Crippen molar-refractivity contribution in [2.45, 2.75) is 12.8 Å². The second-order valence-corrected chi connectivity index (χ2v) is 7.38. The third kappa shape index (κ3) is 5.63. The molecule has 2 aromatic heterocycles. The van der Waals surface area contributed by atoms with Crippen molar-refractivity contribution in [1.82, 2.24) is 9.97 Å². The molecule has 156 valence electrons. The van der Waals surface area contributed by atoms with Gasteiger partial charge in [0.15, 0.2) is 0 Å². The molecule has 0 unspecified atom stereocenters. The number of benzene rings is 2. The Morgan fingerprint density at radius 1 is 0.903 bits per heavy atom.